The zero-order chi connectivity index (χ0) is 13.4. The first-order chi connectivity index (χ1) is 8.40. The minimum Gasteiger partial charge on any atom is -0.368 e. The Hall–Kier alpha value is -2.12. The minimum atomic E-state index is -1.65. The largest absolute Gasteiger partial charge is 0.368 e. The number of carbonyl (C=O) groups excluding carboxylic acids is 2. The van der Waals surface area contributed by atoms with Gasteiger partial charge in [-0.2, -0.15) is 0 Å². The molecule has 0 bridgehead atoms. The number of hydrogen-bond donors (Lipinski definition) is 2. The Kier molecular flexibility index (Phi) is 2.93. The van der Waals surface area contributed by atoms with Gasteiger partial charge in [0.05, 0.1) is 6.42 Å². The van der Waals surface area contributed by atoms with Crippen LogP contribution < -0.4 is 10.6 Å². The maximum absolute atomic E-state index is 13.3. The highest BCUT2D eigenvalue weighted by atomic mass is 19.2. The summed E-state index contributed by atoms with van der Waals surface area (Å²) in [6, 6.07) is -1.21. The number of amides is 2. The first kappa shape index (κ1) is 12.3. The first-order valence-electron chi connectivity index (χ1n) is 4.83. The molecule has 1 heterocycles. The maximum atomic E-state index is 13.3. The van der Waals surface area contributed by atoms with Crippen molar-refractivity contribution < 1.29 is 27.2 Å². The summed E-state index contributed by atoms with van der Waals surface area (Å²) in [5, 5.41) is 3.86. The van der Waals surface area contributed by atoms with Crippen LogP contribution in [-0.4, -0.2) is 17.9 Å². The van der Waals surface area contributed by atoms with E-state index in [4.69, 9.17) is 0 Å². The molecule has 0 radical (unpaired) electrons. The predicted molar refractivity (Wildman–Crippen MR) is 51.5 cm³/mol. The molecule has 0 spiro atoms. The molecule has 0 aromatic heterocycles. The van der Waals surface area contributed by atoms with Crippen LogP contribution in [0.25, 0.3) is 0 Å². The molecule has 1 fully saturated rings. The monoisotopic (exact) mass is 262 g/mol. The number of benzene rings is 1. The number of halogens is 4. The second-order valence-corrected chi connectivity index (χ2v) is 3.66. The average molecular weight is 262 g/mol. The third-order valence-corrected chi connectivity index (χ3v) is 2.40. The molecule has 0 saturated carbocycles. The molecule has 1 saturated heterocycles. The van der Waals surface area contributed by atoms with E-state index in [-0.39, 0.29) is 12.5 Å². The van der Waals surface area contributed by atoms with Gasteiger partial charge in [-0.1, -0.05) is 0 Å². The highest BCUT2D eigenvalue weighted by molar-refractivity contribution is 6.06. The van der Waals surface area contributed by atoms with E-state index in [0.29, 0.717) is 0 Å². The second-order valence-electron chi connectivity index (χ2n) is 3.66. The van der Waals surface area contributed by atoms with Gasteiger partial charge in [-0.15, -0.1) is 0 Å². The summed E-state index contributed by atoms with van der Waals surface area (Å²) in [5.41, 5.74) is -1.11. The molecule has 4 nitrogen and oxygen atoms in total. The van der Waals surface area contributed by atoms with E-state index in [0.717, 1.165) is 0 Å². The van der Waals surface area contributed by atoms with Crippen LogP contribution in [0.3, 0.4) is 0 Å². The van der Waals surface area contributed by atoms with E-state index in [9.17, 15) is 27.2 Å². The lowest BCUT2D eigenvalue weighted by Crippen LogP contribution is -2.31. The lowest BCUT2D eigenvalue weighted by Gasteiger charge is -2.13. The second kappa shape index (κ2) is 4.28. The Morgan fingerprint density at radius 1 is 1.11 bits per heavy atom. The molecule has 1 unspecified atom stereocenters. The topological polar surface area (TPSA) is 58.2 Å². The number of hydrogen-bond acceptors (Lipinski definition) is 3. The molecule has 1 aromatic rings. The number of carbonyl (C=O) groups is 2. The molecule has 1 aromatic carbocycles. The van der Waals surface area contributed by atoms with Gasteiger partial charge < -0.3 is 5.32 Å². The van der Waals surface area contributed by atoms with Gasteiger partial charge in [0.25, 0.3) is 0 Å². The highest BCUT2D eigenvalue weighted by Crippen LogP contribution is 2.25. The van der Waals surface area contributed by atoms with Crippen molar-refractivity contribution >= 4 is 17.5 Å². The molecule has 1 aliphatic heterocycles. The van der Waals surface area contributed by atoms with Crippen LogP contribution in [0.2, 0.25) is 0 Å². The van der Waals surface area contributed by atoms with Crippen molar-refractivity contribution in [2.24, 2.45) is 0 Å². The first-order valence-corrected chi connectivity index (χ1v) is 4.83. The van der Waals surface area contributed by atoms with E-state index in [1.165, 1.54) is 0 Å². The molecule has 2 N–H and O–H groups in total. The van der Waals surface area contributed by atoms with Crippen molar-refractivity contribution in [1.82, 2.24) is 5.32 Å². The van der Waals surface area contributed by atoms with Crippen molar-refractivity contribution in [3.05, 3.63) is 29.3 Å². The summed E-state index contributed by atoms with van der Waals surface area (Å²) in [6.45, 7) is 0. The van der Waals surface area contributed by atoms with Crippen molar-refractivity contribution in [2.45, 2.75) is 12.5 Å². The van der Waals surface area contributed by atoms with Crippen molar-refractivity contribution in [3.63, 3.8) is 0 Å². The van der Waals surface area contributed by atoms with Crippen LogP contribution in [0.4, 0.5) is 23.2 Å². The Morgan fingerprint density at radius 2 is 1.67 bits per heavy atom. The summed E-state index contributed by atoms with van der Waals surface area (Å²) >= 11 is 0. The summed E-state index contributed by atoms with van der Waals surface area (Å²) in [4.78, 5) is 22.0. The summed E-state index contributed by atoms with van der Waals surface area (Å²) in [6.07, 6.45) is -0.365. The van der Waals surface area contributed by atoms with E-state index < -0.39 is 46.8 Å². The molecule has 8 heteroatoms. The number of imide groups is 1. The van der Waals surface area contributed by atoms with Crippen LogP contribution >= 0.6 is 0 Å². The van der Waals surface area contributed by atoms with Crippen molar-refractivity contribution in [2.75, 3.05) is 5.32 Å². The van der Waals surface area contributed by atoms with Gasteiger partial charge in [0, 0.05) is 6.07 Å². The molecule has 1 aliphatic rings. The van der Waals surface area contributed by atoms with E-state index >= 15 is 0 Å². The predicted octanol–water partition coefficient (Wildman–Crippen LogP) is 1.07. The fourth-order valence-electron chi connectivity index (χ4n) is 1.54. The van der Waals surface area contributed by atoms with Gasteiger partial charge >= 0.3 is 0 Å². The fraction of sp³-hybridized carbons (Fsp3) is 0.200. The summed E-state index contributed by atoms with van der Waals surface area (Å²) < 4.78 is 52.3. The highest BCUT2D eigenvalue weighted by Gasteiger charge is 2.32. The lowest BCUT2D eigenvalue weighted by molar-refractivity contribution is -0.124. The van der Waals surface area contributed by atoms with E-state index in [2.05, 4.69) is 0 Å². The summed E-state index contributed by atoms with van der Waals surface area (Å²) in [7, 11) is 0. The standard InChI is InChI=1S/C10H6F4N2O2/c11-3-1-4(12)8(14)9(7(3)13)15-5-2-6(17)16-10(5)18/h1,5,15H,2H2,(H,16,17,18). The molecule has 2 amide bonds. The molecular weight excluding hydrogens is 256 g/mol. The van der Waals surface area contributed by atoms with Gasteiger partial charge in [0.15, 0.2) is 23.3 Å². The SMILES string of the molecule is O=C1CC(Nc2c(F)c(F)cc(F)c2F)C(=O)N1. The van der Waals surface area contributed by atoms with Crippen LogP contribution in [0, 0.1) is 23.3 Å². The van der Waals surface area contributed by atoms with Crippen LogP contribution in [0.15, 0.2) is 6.07 Å². The Bertz CT molecular complexity index is 521. The van der Waals surface area contributed by atoms with Crippen molar-refractivity contribution in [3.8, 4) is 0 Å². The number of anilines is 1. The molecule has 1 atom stereocenters. The summed E-state index contributed by atoms with van der Waals surface area (Å²) in [5.74, 6) is -7.96. The zero-order valence-electron chi connectivity index (χ0n) is 8.69. The van der Waals surface area contributed by atoms with Crippen LogP contribution in [0.1, 0.15) is 6.42 Å². The smallest absolute Gasteiger partial charge is 0.249 e. The number of rotatable bonds is 2. The normalized spacial score (nSPS) is 19.0. The minimum absolute atomic E-state index is 0.0513. The maximum Gasteiger partial charge on any atom is 0.249 e. The Labute approximate surface area is 98.0 Å². The molecule has 96 valence electrons. The van der Waals surface area contributed by atoms with Crippen LogP contribution in [-0.2, 0) is 9.59 Å². The van der Waals surface area contributed by atoms with Gasteiger partial charge in [0.1, 0.15) is 11.7 Å². The zero-order valence-corrected chi connectivity index (χ0v) is 8.69. The fourth-order valence-corrected chi connectivity index (χ4v) is 1.54. The Morgan fingerprint density at radius 3 is 2.11 bits per heavy atom. The molecule has 2 rings (SSSR count). The third-order valence-electron chi connectivity index (χ3n) is 2.40. The van der Waals surface area contributed by atoms with Gasteiger partial charge in [-0.05, 0) is 0 Å². The average Bonchev–Trinajstić information content (AvgIpc) is 2.61. The molecule has 18 heavy (non-hydrogen) atoms. The van der Waals surface area contributed by atoms with Crippen molar-refractivity contribution in [1.29, 1.82) is 0 Å². The molecule has 0 aliphatic carbocycles. The quantitative estimate of drug-likeness (QED) is 0.476. The van der Waals surface area contributed by atoms with E-state index in [1.807, 2.05) is 10.6 Å². The lowest BCUT2D eigenvalue weighted by atomic mass is 10.2. The van der Waals surface area contributed by atoms with Gasteiger partial charge in [-0.25, -0.2) is 17.6 Å². The third kappa shape index (κ3) is 2.01. The van der Waals surface area contributed by atoms with E-state index in [1.54, 1.807) is 0 Å². The number of nitrogens with one attached hydrogen (secondary N) is 2. The Balaban J connectivity index is 2.35. The van der Waals surface area contributed by atoms with Gasteiger partial charge in [-0.3, -0.25) is 14.9 Å². The molecular formula is C10H6F4N2O2. The van der Waals surface area contributed by atoms with Gasteiger partial charge in [0.2, 0.25) is 11.8 Å². The van der Waals surface area contributed by atoms with Crippen LogP contribution in [0.5, 0.6) is 0 Å².